The molecule has 5 rings (SSSR count). The molecule has 0 N–H and O–H groups in total. The van der Waals surface area contributed by atoms with E-state index < -0.39 is 11.1 Å². The third-order valence-electron chi connectivity index (χ3n) is 5.61. The molecule has 0 radical (unpaired) electrons. The van der Waals surface area contributed by atoms with Crippen molar-refractivity contribution in [1.82, 2.24) is 4.90 Å². The molecule has 0 aromatic heterocycles. The quantitative estimate of drug-likeness (QED) is 0.275. The molecule has 0 unspecified atom stereocenters. The minimum atomic E-state index is -0.414. The van der Waals surface area contributed by atoms with Crippen LogP contribution in [0, 0.1) is 0 Å². The first-order valence-corrected chi connectivity index (χ1v) is 12.9. The molecule has 0 atom stereocenters. The largest absolute Gasteiger partial charge is 0.493 e. The van der Waals surface area contributed by atoms with Gasteiger partial charge in [-0.05, 0) is 64.9 Å². The van der Waals surface area contributed by atoms with Gasteiger partial charge in [0.25, 0.3) is 11.1 Å². The van der Waals surface area contributed by atoms with Gasteiger partial charge < -0.3 is 18.9 Å². The zero-order chi connectivity index (χ0) is 26.1. The normalized spacial score (nSPS) is 15.6. The van der Waals surface area contributed by atoms with Gasteiger partial charge in [-0.1, -0.05) is 46.9 Å². The Morgan fingerprint density at radius 2 is 1.73 bits per heavy atom. The minimum Gasteiger partial charge on any atom is -0.493 e. The molecule has 190 valence electrons. The van der Waals surface area contributed by atoms with E-state index in [2.05, 4.69) is 0 Å². The molecule has 0 bridgehead atoms. The van der Waals surface area contributed by atoms with E-state index in [1.54, 1.807) is 48.5 Å². The number of carbonyl (C=O) groups is 2. The van der Waals surface area contributed by atoms with Gasteiger partial charge in [0.1, 0.15) is 6.61 Å². The molecule has 0 aliphatic carbocycles. The van der Waals surface area contributed by atoms with Crippen LogP contribution in [0.3, 0.4) is 0 Å². The summed E-state index contributed by atoms with van der Waals surface area (Å²) >= 11 is 19.2. The topological polar surface area (TPSA) is 74.3 Å². The van der Waals surface area contributed by atoms with Crippen molar-refractivity contribution in [2.24, 2.45) is 0 Å². The Bertz CT molecular complexity index is 1440. The number of carbonyl (C=O) groups excluding carboxylic acids is 2. The van der Waals surface area contributed by atoms with E-state index in [-0.39, 0.29) is 24.8 Å². The molecule has 2 heterocycles. The Hall–Kier alpha value is -3.04. The summed E-state index contributed by atoms with van der Waals surface area (Å²) < 4.78 is 22.0. The van der Waals surface area contributed by atoms with Gasteiger partial charge in [-0.3, -0.25) is 14.5 Å². The maximum absolute atomic E-state index is 13.0. The van der Waals surface area contributed by atoms with Crippen LogP contribution in [-0.4, -0.2) is 29.9 Å². The van der Waals surface area contributed by atoms with E-state index in [1.165, 1.54) is 7.11 Å². The highest BCUT2D eigenvalue weighted by molar-refractivity contribution is 8.18. The summed E-state index contributed by atoms with van der Waals surface area (Å²) in [5.41, 5.74) is 2.10. The fourth-order valence-corrected chi connectivity index (χ4v) is 5.09. The number of ether oxygens (including phenoxy) is 4. The molecular weight excluding hydrogens is 561 g/mol. The highest BCUT2D eigenvalue weighted by Crippen LogP contribution is 2.40. The van der Waals surface area contributed by atoms with Crippen molar-refractivity contribution in [3.8, 4) is 23.0 Å². The van der Waals surface area contributed by atoms with E-state index in [0.717, 1.165) is 22.2 Å². The lowest BCUT2D eigenvalue weighted by Crippen LogP contribution is -2.27. The summed E-state index contributed by atoms with van der Waals surface area (Å²) in [6.45, 7) is 0.373. The lowest BCUT2D eigenvalue weighted by molar-refractivity contribution is -0.123. The van der Waals surface area contributed by atoms with Gasteiger partial charge in [-0.2, -0.15) is 0 Å². The van der Waals surface area contributed by atoms with Crippen LogP contribution in [0.1, 0.15) is 16.7 Å². The van der Waals surface area contributed by atoms with Gasteiger partial charge in [0.15, 0.2) is 23.0 Å². The molecule has 3 aromatic rings. The van der Waals surface area contributed by atoms with Gasteiger partial charge in [-0.15, -0.1) is 0 Å². The summed E-state index contributed by atoms with van der Waals surface area (Å²) in [6, 6.07) is 13.8. The van der Waals surface area contributed by atoms with Crippen molar-refractivity contribution in [2.45, 2.75) is 13.2 Å². The van der Waals surface area contributed by atoms with Gasteiger partial charge in [0.2, 0.25) is 6.79 Å². The van der Waals surface area contributed by atoms with Gasteiger partial charge in [0, 0.05) is 11.1 Å². The number of amides is 2. The molecule has 7 nitrogen and oxygen atoms in total. The van der Waals surface area contributed by atoms with E-state index >= 15 is 0 Å². The van der Waals surface area contributed by atoms with E-state index in [4.69, 9.17) is 53.8 Å². The summed E-state index contributed by atoms with van der Waals surface area (Å²) in [4.78, 5) is 27.1. The van der Waals surface area contributed by atoms with E-state index in [9.17, 15) is 9.59 Å². The zero-order valence-electron chi connectivity index (χ0n) is 19.3. The first-order chi connectivity index (χ1) is 17.8. The summed E-state index contributed by atoms with van der Waals surface area (Å²) in [5.74, 6) is 1.62. The number of hydrogen-bond donors (Lipinski definition) is 0. The Morgan fingerprint density at radius 1 is 0.946 bits per heavy atom. The second-order valence-corrected chi connectivity index (χ2v) is 10.2. The fraction of sp³-hybridized carbons (Fsp3) is 0.154. The number of thioether (sulfide) groups is 1. The smallest absolute Gasteiger partial charge is 0.293 e. The first-order valence-electron chi connectivity index (χ1n) is 10.9. The summed E-state index contributed by atoms with van der Waals surface area (Å²) in [7, 11) is 1.52. The van der Waals surface area contributed by atoms with Crippen LogP contribution in [0.25, 0.3) is 6.08 Å². The minimum absolute atomic E-state index is 0.0162. The second kappa shape index (κ2) is 10.8. The van der Waals surface area contributed by atoms with Crippen molar-refractivity contribution in [2.75, 3.05) is 13.9 Å². The number of halogens is 3. The number of benzene rings is 3. The molecular formula is C26H18Cl3NO6S. The fourth-order valence-electron chi connectivity index (χ4n) is 3.72. The highest BCUT2D eigenvalue weighted by atomic mass is 35.5. The average molecular weight is 579 g/mol. The number of imide groups is 1. The van der Waals surface area contributed by atoms with Crippen LogP contribution >= 0.6 is 46.6 Å². The lowest BCUT2D eigenvalue weighted by Gasteiger charge is -2.14. The van der Waals surface area contributed by atoms with Crippen molar-refractivity contribution in [3.05, 3.63) is 85.2 Å². The average Bonchev–Trinajstić information content (AvgIpc) is 3.44. The predicted octanol–water partition coefficient (Wildman–Crippen LogP) is 7.20. The molecule has 0 spiro atoms. The second-order valence-electron chi connectivity index (χ2n) is 8.01. The van der Waals surface area contributed by atoms with Crippen LogP contribution in [0.15, 0.2) is 53.4 Å². The number of fused-ring (bicyclic) bond motifs is 1. The Morgan fingerprint density at radius 3 is 2.49 bits per heavy atom. The first kappa shape index (κ1) is 25.6. The molecule has 0 saturated carbocycles. The Kier molecular flexibility index (Phi) is 7.44. The van der Waals surface area contributed by atoms with Crippen LogP contribution in [-0.2, 0) is 17.9 Å². The Balaban J connectivity index is 1.30. The van der Waals surface area contributed by atoms with Crippen LogP contribution in [0.5, 0.6) is 23.0 Å². The maximum atomic E-state index is 13.0. The Labute approximate surface area is 231 Å². The number of rotatable bonds is 7. The molecule has 2 aliphatic rings. The van der Waals surface area contributed by atoms with E-state index in [1.807, 2.05) is 6.07 Å². The monoisotopic (exact) mass is 577 g/mol. The molecule has 2 aliphatic heterocycles. The number of nitrogens with zero attached hydrogens (tertiary/aromatic N) is 1. The van der Waals surface area contributed by atoms with Gasteiger partial charge in [0.05, 0.1) is 28.6 Å². The van der Waals surface area contributed by atoms with Crippen LogP contribution < -0.4 is 18.9 Å². The zero-order valence-corrected chi connectivity index (χ0v) is 22.3. The van der Waals surface area contributed by atoms with Crippen molar-refractivity contribution in [3.63, 3.8) is 0 Å². The molecule has 37 heavy (non-hydrogen) atoms. The molecule has 3 aromatic carbocycles. The van der Waals surface area contributed by atoms with Crippen LogP contribution in [0.2, 0.25) is 15.1 Å². The molecule has 2 amide bonds. The van der Waals surface area contributed by atoms with Crippen molar-refractivity contribution < 1.29 is 28.5 Å². The van der Waals surface area contributed by atoms with E-state index in [0.29, 0.717) is 49.2 Å². The molecule has 11 heteroatoms. The highest BCUT2D eigenvalue weighted by Gasteiger charge is 2.35. The third kappa shape index (κ3) is 5.48. The summed E-state index contributed by atoms with van der Waals surface area (Å²) in [5, 5.41) is 0.905. The number of methoxy groups -OCH3 is 1. The SMILES string of the molecule is COc1cc(/C=C2\SC(=O)N(Cc3cc4c(cc3Cl)OCO4)C2=O)ccc1OCc1ccc(Cl)c(Cl)c1. The number of hydrogen-bond acceptors (Lipinski definition) is 7. The predicted molar refractivity (Wildman–Crippen MR) is 143 cm³/mol. The maximum Gasteiger partial charge on any atom is 0.293 e. The molecule has 1 saturated heterocycles. The van der Waals surface area contributed by atoms with Crippen molar-refractivity contribution in [1.29, 1.82) is 0 Å². The van der Waals surface area contributed by atoms with Gasteiger partial charge in [-0.25, -0.2) is 0 Å². The standard InChI is InChI=1S/C26H18Cl3NO6S/c1-33-21-7-14(3-5-20(21)34-12-15-2-4-17(27)19(29)6-15)8-24-25(31)30(26(32)37-24)11-16-9-22-23(10-18(16)28)36-13-35-22/h2-10H,11-13H2,1H3/b24-8-. The van der Waals surface area contributed by atoms with Crippen molar-refractivity contribution >= 4 is 63.8 Å². The molecule has 1 fully saturated rings. The van der Waals surface area contributed by atoms with Gasteiger partial charge >= 0.3 is 0 Å². The van der Waals surface area contributed by atoms with Crippen LogP contribution in [0.4, 0.5) is 4.79 Å². The third-order valence-corrected chi connectivity index (χ3v) is 7.61. The lowest BCUT2D eigenvalue weighted by atomic mass is 10.1. The summed E-state index contributed by atoms with van der Waals surface area (Å²) in [6.07, 6.45) is 1.64.